The van der Waals surface area contributed by atoms with Crippen LogP contribution in [0, 0.1) is 0 Å². The Balaban J connectivity index is 0.00000242. The lowest BCUT2D eigenvalue weighted by atomic mass is 10.2. The van der Waals surface area contributed by atoms with Crippen LogP contribution < -0.4 is 15.0 Å². The van der Waals surface area contributed by atoms with Crippen molar-refractivity contribution in [2.45, 2.75) is 32.4 Å². The molecule has 1 aromatic rings. The molecular weight excluding hydrogens is 308 g/mol. The number of carbonyl (C=O) groups is 2. The van der Waals surface area contributed by atoms with E-state index in [-0.39, 0.29) is 26.0 Å². The van der Waals surface area contributed by atoms with Gasteiger partial charge in [-0.3, -0.25) is 4.79 Å². The van der Waals surface area contributed by atoms with Gasteiger partial charge in [0.15, 0.2) is 0 Å². The van der Waals surface area contributed by atoms with Crippen molar-refractivity contribution in [3.05, 3.63) is 6.20 Å². The largest absolute Gasteiger partial charge is 0.474 e. The Hall–Kier alpha value is -1.90. The number of rotatable bonds is 1. The maximum Gasteiger partial charge on any atom is 0.408 e. The molecule has 1 aromatic heterocycles. The van der Waals surface area contributed by atoms with Crippen molar-refractivity contribution in [3.63, 3.8) is 0 Å². The Kier molecular flexibility index (Phi) is 5.34. The number of alkyl carbamates (subject to hydrolysis) is 1. The molecule has 1 N–H and O–H groups in total. The molecule has 0 spiro atoms. The predicted octanol–water partition coefficient (Wildman–Crippen LogP) is 0.781. The van der Waals surface area contributed by atoms with Crippen molar-refractivity contribution in [3.8, 4) is 5.88 Å². The molecule has 0 radical (unpaired) electrons. The number of nitrogens with zero attached hydrogens (tertiary/aromatic N) is 3. The molecule has 2 amide bonds. The summed E-state index contributed by atoms with van der Waals surface area (Å²) in [6, 6.07) is -0.808. The van der Waals surface area contributed by atoms with E-state index in [0.717, 1.165) is 0 Å². The van der Waals surface area contributed by atoms with Crippen LogP contribution in [0.25, 0.3) is 0 Å². The first-order valence-electron chi connectivity index (χ1n) is 6.61. The zero-order valence-corrected chi connectivity index (χ0v) is 14.3. The first-order chi connectivity index (χ1) is 9.69. The Morgan fingerprint density at radius 1 is 1.45 bits per heavy atom. The van der Waals surface area contributed by atoms with Crippen LogP contribution in [-0.4, -0.2) is 47.1 Å². The van der Waals surface area contributed by atoms with Crippen molar-refractivity contribution in [2.75, 3.05) is 18.6 Å². The van der Waals surface area contributed by atoms with Gasteiger partial charge in [-0.1, -0.05) is 0 Å². The van der Waals surface area contributed by atoms with Crippen molar-refractivity contribution >= 4 is 31.2 Å². The lowest BCUT2D eigenvalue weighted by Crippen LogP contribution is -2.50. The van der Waals surface area contributed by atoms with E-state index in [4.69, 9.17) is 9.47 Å². The van der Waals surface area contributed by atoms with E-state index in [2.05, 4.69) is 10.4 Å². The monoisotopic (exact) mass is 330 g/mol. The third-order valence-electron chi connectivity index (χ3n) is 2.93. The second-order valence-corrected chi connectivity index (χ2v) is 5.87. The minimum Gasteiger partial charge on any atom is -0.474 e. The second kappa shape index (κ2) is 6.47. The van der Waals surface area contributed by atoms with E-state index >= 15 is 0 Å². The summed E-state index contributed by atoms with van der Waals surface area (Å²) in [5, 5.41) is 6.58. The molecule has 2 heterocycles. The number of likely N-dealkylation sites (N-methyl/N-ethyl adjacent to an activating group) is 1. The van der Waals surface area contributed by atoms with E-state index in [1.54, 1.807) is 41.1 Å². The molecule has 1 aliphatic rings. The number of amides is 2. The lowest BCUT2D eigenvalue weighted by Gasteiger charge is -2.23. The third-order valence-corrected chi connectivity index (χ3v) is 2.93. The summed E-state index contributed by atoms with van der Waals surface area (Å²) in [7, 11) is 3.33. The van der Waals surface area contributed by atoms with Gasteiger partial charge in [-0.2, -0.15) is 18.6 Å². The fourth-order valence-electron chi connectivity index (χ4n) is 1.95. The van der Waals surface area contributed by atoms with Gasteiger partial charge in [0, 0.05) is 14.1 Å². The predicted molar refractivity (Wildman–Crippen MR) is 85.7 cm³/mol. The summed E-state index contributed by atoms with van der Waals surface area (Å²) in [5.41, 5.74) is -0.0617. The van der Waals surface area contributed by atoms with E-state index < -0.39 is 17.7 Å². The number of anilines is 1. The molecule has 22 heavy (non-hydrogen) atoms. The van der Waals surface area contributed by atoms with Crippen LogP contribution >= 0.6 is 13.5 Å². The quantitative estimate of drug-likeness (QED) is 0.822. The number of ether oxygens (including phenoxy) is 2. The van der Waals surface area contributed by atoms with Crippen LogP contribution in [0.4, 0.5) is 10.5 Å². The standard InChI is InChI=1S/C13H20N4O4.H2S/c1-13(2,3)21-12(19)15-8-7-20-11-9(6-14-17(11)5)16(4)10(8)18;/h6,8H,7H2,1-5H3,(H,15,19);1H2/t8-;/m0./s1. The van der Waals surface area contributed by atoms with E-state index in [1.165, 1.54) is 9.58 Å². The first-order valence-corrected chi connectivity index (χ1v) is 6.61. The van der Waals surface area contributed by atoms with E-state index in [9.17, 15) is 9.59 Å². The van der Waals surface area contributed by atoms with Gasteiger partial charge in [0.2, 0.25) is 5.88 Å². The average molecular weight is 330 g/mol. The molecular formula is C13H22N4O4S. The highest BCUT2D eigenvalue weighted by Crippen LogP contribution is 2.29. The smallest absolute Gasteiger partial charge is 0.408 e. The molecule has 1 atom stereocenters. The summed E-state index contributed by atoms with van der Waals surface area (Å²) in [6.07, 6.45) is 0.894. The van der Waals surface area contributed by atoms with Crippen LogP contribution in [0.5, 0.6) is 5.88 Å². The van der Waals surface area contributed by atoms with Gasteiger partial charge < -0.3 is 19.7 Å². The molecule has 0 bridgehead atoms. The zero-order valence-electron chi connectivity index (χ0n) is 13.3. The number of aromatic nitrogens is 2. The number of aryl methyl sites for hydroxylation is 1. The topological polar surface area (TPSA) is 85.7 Å². The highest BCUT2D eigenvalue weighted by molar-refractivity contribution is 7.59. The van der Waals surface area contributed by atoms with Crippen LogP contribution in [0.2, 0.25) is 0 Å². The molecule has 2 rings (SSSR count). The Morgan fingerprint density at radius 3 is 2.68 bits per heavy atom. The Labute approximate surface area is 136 Å². The van der Waals surface area contributed by atoms with Crippen molar-refractivity contribution in [1.82, 2.24) is 15.1 Å². The van der Waals surface area contributed by atoms with Gasteiger partial charge in [0.05, 0.1) is 6.20 Å². The molecule has 8 nitrogen and oxygen atoms in total. The Morgan fingerprint density at radius 2 is 2.09 bits per heavy atom. The van der Waals surface area contributed by atoms with Gasteiger partial charge in [0.25, 0.3) is 5.91 Å². The number of fused-ring (bicyclic) bond motifs is 1. The van der Waals surface area contributed by atoms with Crippen molar-refractivity contribution in [1.29, 1.82) is 0 Å². The first kappa shape index (κ1) is 18.1. The molecule has 0 unspecified atom stereocenters. The zero-order chi connectivity index (χ0) is 15.8. The minimum atomic E-state index is -0.808. The molecule has 9 heteroatoms. The van der Waals surface area contributed by atoms with Gasteiger partial charge in [-0.15, -0.1) is 0 Å². The van der Waals surface area contributed by atoms with Crippen LogP contribution in [-0.2, 0) is 16.6 Å². The number of hydrogen-bond acceptors (Lipinski definition) is 5. The molecule has 0 aromatic carbocycles. The molecule has 1 aliphatic heterocycles. The minimum absolute atomic E-state index is 0. The second-order valence-electron chi connectivity index (χ2n) is 5.87. The number of nitrogens with one attached hydrogen (secondary N) is 1. The highest BCUT2D eigenvalue weighted by Gasteiger charge is 2.33. The van der Waals surface area contributed by atoms with Gasteiger partial charge in [0.1, 0.15) is 23.9 Å². The number of hydrogen-bond donors (Lipinski definition) is 1. The SMILES string of the molecule is CN1C(=O)[C@@H](NC(=O)OC(C)(C)C)COc2c1cnn2C.S. The van der Waals surface area contributed by atoms with Crippen LogP contribution in [0.1, 0.15) is 20.8 Å². The normalized spacial score (nSPS) is 17.8. The lowest BCUT2D eigenvalue weighted by molar-refractivity contribution is -0.120. The summed E-state index contributed by atoms with van der Waals surface area (Å²) >= 11 is 0. The van der Waals surface area contributed by atoms with Gasteiger partial charge in [-0.05, 0) is 20.8 Å². The van der Waals surface area contributed by atoms with Crippen molar-refractivity contribution in [2.24, 2.45) is 7.05 Å². The highest BCUT2D eigenvalue weighted by atomic mass is 32.1. The molecule has 0 saturated carbocycles. The summed E-state index contributed by atoms with van der Waals surface area (Å²) in [4.78, 5) is 25.6. The summed E-state index contributed by atoms with van der Waals surface area (Å²) < 4.78 is 12.3. The van der Waals surface area contributed by atoms with Gasteiger partial charge in [-0.25, -0.2) is 9.48 Å². The maximum atomic E-state index is 12.4. The van der Waals surface area contributed by atoms with Crippen LogP contribution in [0.3, 0.4) is 0 Å². The molecule has 0 saturated heterocycles. The molecule has 0 fully saturated rings. The number of carbonyl (C=O) groups excluding carboxylic acids is 2. The average Bonchev–Trinajstić information content (AvgIpc) is 2.66. The molecule has 124 valence electrons. The van der Waals surface area contributed by atoms with E-state index in [0.29, 0.717) is 11.6 Å². The van der Waals surface area contributed by atoms with Crippen LogP contribution in [0.15, 0.2) is 6.20 Å². The van der Waals surface area contributed by atoms with Crippen molar-refractivity contribution < 1.29 is 19.1 Å². The maximum absolute atomic E-state index is 12.4. The molecule has 0 aliphatic carbocycles. The Bertz CT molecular complexity index is 567. The summed E-state index contributed by atoms with van der Waals surface area (Å²) in [5.74, 6) is 0.201. The van der Waals surface area contributed by atoms with Gasteiger partial charge >= 0.3 is 6.09 Å². The summed E-state index contributed by atoms with van der Waals surface area (Å²) in [6.45, 7) is 5.29. The van der Waals surface area contributed by atoms with E-state index in [1.807, 2.05) is 0 Å². The fourth-order valence-corrected chi connectivity index (χ4v) is 1.95. The fraction of sp³-hybridized carbons (Fsp3) is 0.615. The third kappa shape index (κ3) is 3.85.